The van der Waals surface area contributed by atoms with E-state index < -0.39 is 9.84 Å². The third kappa shape index (κ3) is 3.49. The van der Waals surface area contributed by atoms with E-state index in [1.807, 2.05) is 12.3 Å². The van der Waals surface area contributed by atoms with Crippen LogP contribution in [0.25, 0.3) is 10.8 Å². The Kier molecular flexibility index (Phi) is 5.00. The Morgan fingerprint density at radius 1 is 1.32 bits per heavy atom. The molecule has 0 unspecified atom stereocenters. The fourth-order valence-corrected chi connectivity index (χ4v) is 5.05. The summed E-state index contributed by atoms with van der Waals surface area (Å²) in [5.41, 5.74) is 2.36. The van der Waals surface area contributed by atoms with E-state index in [2.05, 4.69) is 42.8 Å². The largest absolute Gasteiger partial charge is 0.368 e. The molecule has 3 rings (SSSR count). The quantitative estimate of drug-likeness (QED) is 0.727. The minimum atomic E-state index is -2.94. The van der Waals surface area contributed by atoms with Gasteiger partial charge < -0.3 is 4.90 Å². The van der Waals surface area contributed by atoms with Crippen LogP contribution < -0.4 is 4.90 Å². The van der Waals surface area contributed by atoms with Gasteiger partial charge in [0, 0.05) is 41.5 Å². The number of pyridine rings is 1. The summed E-state index contributed by atoms with van der Waals surface area (Å²) in [5.74, 6) is 1.06. The Morgan fingerprint density at radius 3 is 2.64 bits per heavy atom. The minimum Gasteiger partial charge on any atom is -0.368 e. The van der Waals surface area contributed by atoms with E-state index in [0.29, 0.717) is 11.1 Å². The van der Waals surface area contributed by atoms with E-state index in [0.717, 1.165) is 23.0 Å². The number of nitrogens with zero attached hydrogens (tertiary/aromatic N) is 2. The first kappa shape index (κ1) is 18.5. The summed E-state index contributed by atoms with van der Waals surface area (Å²) in [6, 6.07) is 6.42. The molecule has 0 amide bonds. The van der Waals surface area contributed by atoms with E-state index in [1.54, 1.807) is 6.92 Å². The summed E-state index contributed by atoms with van der Waals surface area (Å²) in [4.78, 5) is 6.54. The van der Waals surface area contributed by atoms with E-state index in [4.69, 9.17) is 11.6 Å². The summed E-state index contributed by atoms with van der Waals surface area (Å²) in [6.45, 7) is 8.91. The predicted octanol–water partition coefficient (Wildman–Crippen LogP) is 4.27. The predicted molar refractivity (Wildman–Crippen MR) is 105 cm³/mol. The number of halogens is 1. The van der Waals surface area contributed by atoms with Gasteiger partial charge in [0.1, 0.15) is 15.0 Å². The molecule has 1 aromatic carbocycles. The molecule has 0 saturated carbocycles. The summed E-state index contributed by atoms with van der Waals surface area (Å²) < 4.78 is 23.8. The maximum Gasteiger partial charge on any atom is 0.150 e. The molecule has 136 valence electrons. The van der Waals surface area contributed by atoms with Gasteiger partial charge in [0.05, 0.1) is 5.75 Å². The van der Waals surface area contributed by atoms with Crippen molar-refractivity contribution < 1.29 is 8.42 Å². The molecule has 0 aliphatic carbocycles. The SMILES string of the molecule is CCS(=O)(=O)C[C@H]1CN(c2ccc(C(C)C)c3cc(Cl)ncc23)[C@@H]1C. The zero-order valence-electron chi connectivity index (χ0n) is 15.2. The van der Waals surface area contributed by atoms with Crippen molar-refractivity contribution in [3.05, 3.63) is 35.1 Å². The average Bonchev–Trinajstić information content (AvgIpc) is 2.57. The molecular weight excluding hydrogens is 356 g/mol. The van der Waals surface area contributed by atoms with Crippen molar-refractivity contribution >= 4 is 37.9 Å². The second-order valence-corrected chi connectivity index (χ2v) is 10.0. The van der Waals surface area contributed by atoms with Crippen molar-refractivity contribution in [3.63, 3.8) is 0 Å². The lowest BCUT2D eigenvalue weighted by Gasteiger charge is -2.48. The highest BCUT2D eigenvalue weighted by atomic mass is 35.5. The molecule has 0 radical (unpaired) electrons. The molecule has 2 heterocycles. The molecule has 4 nitrogen and oxygen atoms in total. The topological polar surface area (TPSA) is 50.3 Å². The monoisotopic (exact) mass is 380 g/mol. The number of sulfone groups is 1. The van der Waals surface area contributed by atoms with Crippen LogP contribution in [-0.2, 0) is 9.84 Å². The van der Waals surface area contributed by atoms with Gasteiger partial charge in [-0.15, -0.1) is 0 Å². The Hall–Kier alpha value is -1.33. The van der Waals surface area contributed by atoms with Gasteiger partial charge in [-0.05, 0) is 35.9 Å². The van der Waals surface area contributed by atoms with Gasteiger partial charge in [-0.3, -0.25) is 0 Å². The van der Waals surface area contributed by atoms with Crippen molar-refractivity contribution in [3.8, 4) is 0 Å². The lowest BCUT2D eigenvalue weighted by Crippen LogP contribution is -2.57. The molecule has 25 heavy (non-hydrogen) atoms. The fourth-order valence-electron chi connectivity index (χ4n) is 3.62. The fraction of sp³-hybridized carbons (Fsp3) is 0.526. The second kappa shape index (κ2) is 6.76. The molecule has 1 aromatic heterocycles. The van der Waals surface area contributed by atoms with Crippen molar-refractivity contribution in [1.82, 2.24) is 4.98 Å². The van der Waals surface area contributed by atoms with Crippen molar-refractivity contribution in [1.29, 1.82) is 0 Å². The van der Waals surface area contributed by atoms with E-state index >= 15 is 0 Å². The average molecular weight is 381 g/mol. The van der Waals surface area contributed by atoms with Crippen LogP contribution in [0.2, 0.25) is 5.15 Å². The van der Waals surface area contributed by atoms with Crippen LogP contribution in [0.15, 0.2) is 24.4 Å². The molecule has 0 spiro atoms. The van der Waals surface area contributed by atoms with Gasteiger partial charge in [-0.1, -0.05) is 38.4 Å². The Balaban J connectivity index is 1.95. The van der Waals surface area contributed by atoms with Gasteiger partial charge in [0.2, 0.25) is 0 Å². The number of anilines is 1. The summed E-state index contributed by atoms with van der Waals surface area (Å²) >= 11 is 6.12. The number of hydrogen-bond donors (Lipinski definition) is 0. The number of hydrogen-bond acceptors (Lipinski definition) is 4. The number of aromatic nitrogens is 1. The lowest BCUT2D eigenvalue weighted by molar-refractivity contribution is 0.341. The van der Waals surface area contributed by atoms with E-state index in [9.17, 15) is 8.42 Å². The molecular formula is C19H25ClN2O2S. The molecule has 2 atom stereocenters. The molecule has 1 aliphatic rings. The molecule has 6 heteroatoms. The maximum absolute atomic E-state index is 11.9. The Bertz CT molecular complexity index is 896. The first-order chi connectivity index (χ1) is 11.7. The standard InChI is InChI=1S/C19H25ClN2O2S/c1-5-25(23,24)11-14-10-22(13(14)4)18-7-6-15(12(2)3)16-8-19(20)21-9-17(16)18/h6-9,12-14H,5,10-11H2,1-4H3/t13-,14-/m1/s1. The molecule has 0 N–H and O–H groups in total. The van der Waals surface area contributed by atoms with Crippen molar-refractivity contribution in [2.24, 2.45) is 5.92 Å². The van der Waals surface area contributed by atoms with Gasteiger partial charge in [0.15, 0.2) is 0 Å². The summed E-state index contributed by atoms with van der Waals surface area (Å²) in [5, 5.41) is 2.71. The van der Waals surface area contributed by atoms with Crippen LogP contribution in [0.1, 0.15) is 39.2 Å². The van der Waals surface area contributed by atoms with Gasteiger partial charge in [0.25, 0.3) is 0 Å². The zero-order chi connectivity index (χ0) is 18.4. The molecule has 2 aromatic rings. The molecule has 1 fully saturated rings. The lowest BCUT2D eigenvalue weighted by atomic mass is 9.89. The summed E-state index contributed by atoms with van der Waals surface area (Å²) in [6.07, 6.45) is 1.84. The van der Waals surface area contributed by atoms with E-state index in [1.165, 1.54) is 5.56 Å². The highest BCUT2D eigenvalue weighted by Crippen LogP contribution is 2.39. The van der Waals surface area contributed by atoms with Crippen molar-refractivity contribution in [2.45, 2.75) is 39.7 Å². The van der Waals surface area contributed by atoms with E-state index in [-0.39, 0.29) is 23.5 Å². The van der Waals surface area contributed by atoms with Gasteiger partial charge >= 0.3 is 0 Å². The Labute approximate surface area is 155 Å². The van der Waals surface area contributed by atoms with Gasteiger partial charge in [-0.25, -0.2) is 13.4 Å². The van der Waals surface area contributed by atoms with Crippen LogP contribution >= 0.6 is 11.6 Å². The van der Waals surface area contributed by atoms with Crippen LogP contribution in [0, 0.1) is 5.92 Å². The third-order valence-corrected chi connectivity index (χ3v) is 7.35. The highest BCUT2D eigenvalue weighted by molar-refractivity contribution is 7.91. The molecule has 1 saturated heterocycles. The first-order valence-electron chi connectivity index (χ1n) is 8.78. The third-order valence-electron chi connectivity index (χ3n) is 5.32. The number of fused-ring (bicyclic) bond motifs is 1. The maximum atomic E-state index is 11.9. The second-order valence-electron chi connectivity index (χ2n) is 7.23. The molecule has 1 aliphatic heterocycles. The van der Waals surface area contributed by atoms with Gasteiger partial charge in [-0.2, -0.15) is 0 Å². The first-order valence-corrected chi connectivity index (χ1v) is 11.0. The van der Waals surface area contributed by atoms with Crippen molar-refractivity contribution in [2.75, 3.05) is 23.0 Å². The zero-order valence-corrected chi connectivity index (χ0v) is 16.7. The Morgan fingerprint density at radius 2 is 2.04 bits per heavy atom. The minimum absolute atomic E-state index is 0.185. The van der Waals surface area contributed by atoms with Crippen LogP contribution in [-0.4, -0.2) is 37.5 Å². The number of rotatable bonds is 5. The van der Waals surface area contributed by atoms with Crippen LogP contribution in [0.3, 0.4) is 0 Å². The summed E-state index contributed by atoms with van der Waals surface area (Å²) in [7, 11) is -2.94. The van der Waals surface area contributed by atoms with Crippen LogP contribution in [0.4, 0.5) is 5.69 Å². The highest BCUT2D eigenvalue weighted by Gasteiger charge is 2.38. The number of benzene rings is 1. The van der Waals surface area contributed by atoms with Crippen LogP contribution in [0.5, 0.6) is 0 Å². The normalized spacial score (nSPS) is 21.0. The smallest absolute Gasteiger partial charge is 0.150 e. The molecule has 0 bridgehead atoms.